The Hall–Kier alpha value is -1.56. The Morgan fingerprint density at radius 1 is 1.53 bits per heavy atom. The maximum Gasteiger partial charge on any atom is 0.389 e. The summed E-state index contributed by atoms with van der Waals surface area (Å²) in [5.74, 6) is -0.987. The van der Waals surface area contributed by atoms with Crippen LogP contribution < -0.4 is 0 Å². The smallest absolute Gasteiger partial charge is 0.389 e. The van der Waals surface area contributed by atoms with Gasteiger partial charge < -0.3 is 14.2 Å². The molecule has 0 amide bonds. The molecule has 0 N–H and O–H groups in total. The van der Waals surface area contributed by atoms with Gasteiger partial charge in [-0.1, -0.05) is 15.9 Å². The molecule has 1 aliphatic rings. The Balaban J connectivity index is 2.18. The summed E-state index contributed by atoms with van der Waals surface area (Å²) in [7, 11) is 1.22. The number of halogens is 2. The molecule has 0 saturated carbocycles. The van der Waals surface area contributed by atoms with Crippen molar-refractivity contribution in [1.82, 2.24) is 0 Å². The summed E-state index contributed by atoms with van der Waals surface area (Å²) in [5.41, 5.74) is 0.222. The van der Waals surface area contributed by atoms with Crippen molar-refractivity contribution in [1.29, 1.82) is 0 Å². The molecule has 6 heteroatoms. The van der Waals surface area contributed by atoms with E-state index in [1.165, 1.54) is 25.5 Å². The number of ether oxygens (including phenoxy) is 3. The van der Waals surface area contributed by atoms with Crippen LogP contribution in [0, 0.1) is 5.82 Å². The lowest BCUT2D eigenvalue weighted by Crippen LogP contribution is -2.22. The number of methoxy groups -OCH3 is 1. The molecule has 0 spiro atoms. The van der Waals surface area contributed by atoms with Crippen molar-refractivity contribution >= 4 is 27.7 Å². The molecule has 1 unspecified atom stereocenters. The topological polar surface area (TPSA) is 44.8 Å². The highest BCUT2D eigenvalue weighted by molar-refractivity contribution is 9.10. The average molecular weight is 303 g/mol. The predicted octanol–water partition coefficient (Wildman–Crippen LogP) is 2.43. The minimum atomic E-state index is -1.17. The third kappa shape index (κ3) is 2.41. The van der Waals surface area contributed by atoms with Crippen LogP contribution in [0.1, 0.15) is 5.56 Å². The number of carbonyl (C=O) groups is 1. The van der Waals surface area contributed by atoms with Crippen molar-refractivity contribution in [2.24, 2.45) is 0 Å². The zero-order chi connectivity index (χ0) is 12.4. The van der Waals surface area contributed by atoms with E-state index in [1.54, 1.807) is 6.07 Å². The van der Waals surface area contributed by atoms with Gasteiger partial charge >= 0.3 is 12.3 Å². The highest BCUT2D eigenvalue weighted by Crippen LogP contribution is 2.28. The number of esters is 1. The molecule has 1 aliphatic heterocycles. The molecule has 0 saturated heterocycles. The van der Waals surface area contributed by atoms with Gasteiger partial charge in [0.1, 0.15) is 12.1 Å². The molecule has 0 radical (unpaired) electrons. The van der Waals surface area contributed by atoms with Crippen LogP contribution in [0.4, 0.5) is 4.39 Å². The normalized spacial score (nSPS) is 18.1. The number of hydrogen-bond donors (Lipinski definition) is 0. The molecule has 1 aromatic rings. The van der Waals surface area contributed by atoms with Crippen molar-refractivity contribution in [3.05, 3.63) is 40.3 Å². The first-order valence-electron chi connectivity index (χ1n) is 4.67. The number of benzene rings is 1. The minimum Gasteiger partial charge on any atom is -0.463 e. The lowest BCUT2D eigenvalue weighted by Gasteiger charge is -2.09. The van der Waals surface area contributed by atoms with Crippen LogP contribution in [-0.4, -0.2) is 19.4 Å². The molecular weight excluding hydrogens is 295 g/mol. The minimum absolute atomic E-state index is 0.158. The molecule has 0 aliphatic carbocycles. The molecule has 90 valence electrons. The predicted molar refractivity (Wildman–Crippen MR) is 60.1 cm³/mol. The van der Waals surface area contributed by atoms with E-state index in [1.807, 2.05) is 0 Å². The first-order valence-corrected chi connectivity index (χ1v) is 5.46. The van der Waals surface area contributed by atoms with Crippen LogP contribution in [0.15, 0.2) is 28.9 Å². The van der Waals surface area contributed by atoms with Gasteiger partial charge in [-0.05, 0) is 18.2 Å². The summed E-state index contributed by atoms with van der Waals surface area (Å²) in [6, 6.07) is 4.48. The lowest BCUT2D eigenvalue weighted by molar-refractivity contribution is -0.165. The Bertz CT molecular complexity index is 486. The molecule has 1 atom stereocenters. The summed E-state index contributed by atoms with van der Waals surface area (Å²) in [6.07, 6.45) is 0.0199. The van der Waals surface area contributed by atoms with Crippen LogP contribution in [0.5, 0.6) is 0 Å². The maximum atomic E-state index is 13.6. The van der Waals surface area contributed by atoms with Crippen LogP contribution in [0.3, 0.4) is 0 Å². The van der Waals surface area contributed by atoms with Crippen LogP contribution in [0.25, 0.3) is 5.76 Å². The second-order valence-corrected chi connectivity index (χ2v) is 4.13. The number of rotatable bonds is 2. The van der Waals surface area contributed by atoms with Gasteiger partial charge in [0.2, 0.25) is 0 Å². The van der Waals surface area contributed by atoms with E-state index >= 15 is 0 Å². The highest BCUT2D eigenvalue weighted by Gasteiger charge is 2.29. The fourth-order valence-electron chi connectivity index (χ4n) is 1.31. The van der Waals surface area contributed by atoms with Crippen molar-refractivity contribution in [3.63, 3.8) is 0 Å². The molecule has 0 fully saturated rings. The summed E-state index contributed by atoms with van der Waals surface area (Å²) < 4.78 is 28.7. The van der Waals surface area contributed by atoms with Gasteiger partial charge in [-0.3, -0.25) is 0 Å². The van der Waals surface area contributed by atoms with Gasteiger partial charge in [-0.15, -0.1) is 0 Å². The van der Waals surface area contributed by atoms with Gasteiger partial charge in [0.25, 0.3) is 0 Å². The second-order valence-electron chi connectivity index (χ2n) is 3.22. The van der Waals surface area contributed by atoms with Gasteiger partial charge in [-0.2, -0.15) is 0 Å². The molecule has 0 bridgehead atoms. The standard InChI is InChI=1S/C11H8BrFO4/c1-15-10(14)11-16-5-9(17-11)7-3-2-6(12)4-8(7)13/h2-5,11H,1H3. The van der Waals surface area contributed by atoms with E-state index in [9.17, 15) is 9.18 Å². The fourth-order valence-corrected chi connectivity index (χ4v) is 1.64. The second kappa shape index (κ2) is 4.75. The molecule has 0 aromatic heterocycles. The summed E-state index contributed by atoms with van der Waals surface area (Å²) in [4.78, 5) is 11.1. The van der Waals surface area contributed by atoms with Gasteiger partial charge in [-0.25, -0.2) is 9.18 Å². The van der Waals surface area contributed by atoms with E-state index in [2.05, 4.69) is 20.7 Å². The highest BCUT2D eigenvalue weighted by atomic mass is 79.9. The van der Waals surface area contributed by atoms with Gasteiger partial charge in [0.05, 0.1) is 12.7 Å². The average Bonchev–Trinajstić information content (AvgIpc) is 2.77. The van der Waals surface area contributed by atoms with Crippen molar-refractivity contribution in [2.45, 2.75) is 6.29 Å². The van der Waals surface area contributed by atoms with Gasteiger partial charge in [0, 0.05) is 4.47 Å². The quantitative estimate of drug-likeness (QED) is 0.787. The third-order valence-electron chi connectivity index (χ3n) is 2.12. The molecule has 17 heavy (non-hydrogen) atoms. The number of hydrogen-bond acceptors (Lipinski definition) is 4. The lowest BCUT2D eigenvalue weighted by atomic mass is 10.2. The van der Waals surface area contributed by atoms with Crippen molar-refractivity contribution in [2.75, 3.05) is 7.11 Å². The molecule has 4 nitrogen and oxygen atoms in total. The third-order valence-corrected chi connectivity index (χ3v) is 2.62. The SMILES string of the molecule is COC(=O)C1OC=C(c2ccc(Br)cc2F)O1. The Labute approximate surface area is 105 Å². The fraction of sp³-hybridized carbons (Fsp3) is 0.182. The zero-order valence-corrected chi connectivity index (χ0v) is 10.4. The van der Waals surface area contributed by atoms with Crippen molar-refractivity contribution in [3.8, 4) is 0 Å². The van der Waals surface area contributed by atoms with Crippen LogP contribution in [0.2, 0.25) is 0 Å². The summed E-state index contributed by atoms with van der Waals surface area (Å²) in [6.45, 7) is 0. The van der Waals surface area contributed by atoms with Gasteiger partial charge in [0.15, 0.2) is 5.76 Å². The molecular formula is C11H8BrFO4. The summed E-state index contributed by atoms with van der Waals surface area (Å²) >= 11 is 3.15. The van der Waals surface area contributed by atoms with E-state index in [-0.39, 0.29) is 11.3 Å². The van der Waals surface area contributed by atoms with E-state index < -0.39 is 18.1 Å². The maximum absolute atomic E-state index is 13.6. The molecule has 1 aromatic carbocycles. The first kappa shape index (κ1) is 11.9. The van der Waals surface area contributed by atoms with E-state index in [4.69, 9.17) is 9.47 Å². The van der Waals surface area contributed by atoms with Crippen LogP contribution >= 0.6 is 15.9 Å². The first-order chi connectivity index (χ1) is 8.11. The summed E-state index contributed by atoms with van der Waals surface area (Å²) in [5, 5.41) is 0. The van der Waals surface area contributed by atoms with E-state index in [0.29, 0.717) is 4.47 Å². The molecule has 2 rings (SSSR count). The Kier molecular flexibility index (Phi) is 3.33. The Morgan fingerprint density at radius 3 is 2.94 bits per heavy atom. The number of carbonyl (C=O) groups excluding carboxylic acids is 1. The zero-order valence-electron chi connectivity index (χ0n) is 8.78. The largest absolute Gasteiger partial charge is 0.463 e. The van der Waals surface area contributed by atoms with Crippen molar-refractivity contribution < 1.29 is 23.4 Å². The molecule has 1 heterocycles. The monoisotopic (exact) mass is 302 g/mol. The Morgan fingerprint density at radius 2 is 2.29 bits per heavy atom. The van der Waals surface area contributed by atoms with E-state index in [0.717, 1.165) is 0 Å². The van der Waals surface area contributed by atoms with Crippen LogP contribution in [-0.2, 0) is 19.0 Å².